The lowest BCUT2D eigenvalue weighted by Gasteiger charge is -2.18. The lowest BCUT2D eigenvalue weighted by Crippen LogP contribution is -2.17. The number of H-pyrrole nitrogens is 1. The van der Waals surface area contributed by atoms with Crippen molar-refractivity contribution >= 4 is 17.2 Å². The third kappa shape index (κ3) is 2.51. The van der Waals surface area contributed by atoms with Crippen LogP contribution in [0.1, 0.15) is 40.5 Å². The number of nitrogens with zero attached hydrogens (tertiary/aromatic N) is 5. The molecule has 1 aliphatic rings. The van der Waals surface area contributed by atoms with Gasteiger partial charge in [-0.1, -0.05) is 31.2 Å². The van der Waals surface area contributed by atoms with Crippen LogP contribution in [0.2, 0.25) is 0 Å². The van der Waals surface area contributed by atoms with Crippen LogP contribution in [0.5, 0.6) is 0 Å². The Kier molecular flexibility index (Phi) is 3.75. The first-order valence-electron chi connectivity index (χ1n) is 9.40. The number of fused-ring (bicyclic) bond motifs is 2. The van der Waals surface area contributed by atoms with Crippen LogP contribution in [0.15, 0.2) is 42.7 Å². The number of carbonyl (C=O) groups excluding carboxylic acids is 1. The van der Waals surface area contributed by atoms with Crippen LogP contribution in [0.4, 0.5) is 5.82 Å². The topological polar surface area (TPSA) is 79.2 Å². The van der Waals surface area contributed by atoms with E-state index in [-0.39, 0.29) is 5.78 Å². The number of nitrogens with one attached hydrogen (secondary N) is 1. The van der Waals surface area contributed by atoms with Crippen molar-refractivity contribution < 1.29 is 4.79 Å². The quantitative estimate of drug-likeness (QED) is 0.554. The minimum atomic E-state index is 0.0243. The number of aromatic amines is 1. The van der Waals surface area contributed by atoms with Crippen LogP contribution in [0, 0.1) is 6.92 Å². The molecule has 0 saturated heterocycles. The first-order chi connectivity index (χ1) is 13.7. The molecule has 1 aromatic carbocycles. The molecule has 1 aliphatic heterocycles. The summed E-state index contributed by atoms with van der Waals surface area (Å²) in [5, 5.41) is 11.5. The van der Waals surface area contributed by atoms with Crippen molar-refractivity contribution in [3.05, 3.63) is 65.1 Å². The largest absolute Gasteiger partial charge is 0.348 e. The molecule has 0 unspecified atom stereocenters. The summed E-state index contributed by atoms with van der Waals surface area (Å²) < 4.78 is 1.76. The first-order valence-corrected chi connectivity index (χ1v) is 9.40. The van der Waals surface area contributed by atoms with Crippen molar-refractivity contribution in [2.24, 2.45) is 0 Å². The first kappa shape index (κ1) is 16.7. The third-order valence-electron chi connectivity index (χ3n) is 5.35. The maximum absolute atomic E-state index is 12.4. The van der Waals surface area contributed by atoms with E-state index in [0.717, 1.165) is 35.7 Å². The summed E-state index contributed by atoms with van der Waals surface area (Å²) in [6.07, 6.45) is 4.01. The van der Waals surface area contributed by atoms with Crippen LogP contribution in [-0.4, -0.2) is 30.6 Å². The number of ketones is 1. The van der Waals surface area contributed by atoms with Gasteiger partial charge in [0.25, 0.3) is 0 Å². The van der Waals surface area contributed by atoms with Gasteiger partial charge in [-0.3, -0.25) is 9.89 Å². The Balaban J connectivity index is 1.69. The molecule has 4 heterocycles. The molecule has 0 bridgehead atoms. The predicted molar refractivity (Wildman–Crippen MR) is 106 cm³/mol. The second-order valence-electron chi connectivity index (χ2n) is 7.10. The lowest BCUT2D eigenvalue weighted by molar-refractivity contribution is 0.0982. The van der Waals surface area contributed by atoms with E-state index in [9.17, 15) is 4.79 Å². The number of Topliss-reactive ketones (excluding diaryl/α,β-unsaturated/α-hetero) is 1. The number of carbonyl (C=O) groups is 1. The Labute approximate surface area is 162 Å². The number of hydrogen-bond donors (Lipinski definition) is 1. The molecule has 0 saturated carbocycles. The molecule has 0 fully saturated rings. The molecule has 140 valence electrons. The smallest absolute Gasteiger partial charge is 0.183 e. The van der Waals surface area contributed by atoms with Crippen molar-refractivity contribution in [1.82, 2.24) is 24.8 Å². The molecule has 0 amide bonds. The second kappa shape index (κ2) is 6.30. The number of hydrogen-bond acceptors (Lipinski definition) is 5. The Morgan fingerprint density at radius 3 is 2.61 bits per heavy atom. The molecule has 0 spiro atoms. The van der Waals surface area contributed by atoms with Gasteiger partial charge < -0.3 is 4.90 Å². The van der Waals surface area contributed by atoms with E-state index in [2.05, 4.69) is 44.5 Å². The highest BCUT2D eigenvalue weighted by atomic mass is 16.1. The highest BCUT2D eigenvalue weighted by Gasteiger charge is 2.24. The highest BCUT2D eigenvalue weighted by Crippen LogP contribution is 2.31. The average Bonchev–Trinajstić information content (AvgIpc) is 3.45. The Morgan fingerprint density at radius 1 is 1.21 bits per heavy atom. The molecule has 7 heteroatoms. The molecule has 0 radical (unpaired) electrons. The summed E-state index contributed by atoms with van der Waals surface area (Å²) in [7, 11) is 0. The summed E-state index contributed by atoms with van der Waals surface area (Å²) in [6.45, 7) is 5.40. The summed E-state index contributed by atoms with van der Waals surface area (Å²) >= 11 is 0. The lowest BCUT2D eigenvalue weighted by atomic mass is 10.1. The number of rotatable bonds is 4. The number of anilines is 1. The molecule has 28 heavy (non-hydrogen) atoms. The molecule has 7 nitrogen and oxygen atoms in total. The SMILES string of the molecule is CCC(=O)c1nn2c(-c3cn[nH]c3)cc(N3Cc4ccccc4C3)nc2c1C. The van der Waals surface area contributed by atoms with Gasteiger partial charge in [-0.2, -0.15) is 10.2 Å². The minimum Gasteiger partial charge on any atom is -0.348 e. The van der Waals surface area contributed by atoms with Gasteiger partial charge in [0.05, 0.1) is 11.9 Å². The van der Waals surface area contributed by atoms with E-state index >= 15 is 0 Å². The fourth-order valence-corrected chi connectivity index (χ4v) is 3.80. The van der Waals surface area contributed by atoms with Crippen molar-refractivity contribution in [3.63, 3.8) is 0 Å². The van der Waals surface area contributed by atoms with Gasteiger partial charge in [0.1, 0.15) is 11.5 Å². The molecule has 1 N–H and O–H groups in total. The molecule has 5 rings (SSSR count). The number of aryl methyl sites for hydroxylation is 1. The normalized spacial score (nSPS) is 13.3. The van der Waals surface area contributed by atoms with Crippen LogP contribution < -0.4 is 4.90 Å². The van der Waals surface area contributed by atoms with E-state index in [0.29, 0.717) is 17.8 Å². The van der Waals surface area contributed by atoms with Crippen LogP contribution >= 0.6 is 0 Å². The van der Waals surface area contributed by atoms with Crippen molar-refractivity contribution in [2.45, 2.75) is 33.4 Å². The number of aromatic nitrogens is 5. The highest BCUT2D eigenvalue weighted by molar-refractivity contribution is 5.97. The fraction of sp³-hybridized carbons (Fsp3) is 0.238. The zero-order valence-corrected chi connectivity index (χ0v) is 15.8. The summed E-state index contributed by atoms with van der Waals surface area (Å²) in [6, 6.07) is 10.5. The van der Waals surface area contributed by atoms with E-state index in [1.165, 1.54) is 11.1 Å². The van der Waals surface area contributed by atoms with E-state index in [1.807, 2.05) is 26.1 Å². The zero-order valence-electron chi connectivity index (χ0n) is 15.8. The number of benzene rings is 1. The van der Waals surface area contributed by atoms with Gasteiger partial charge in [0.15, 0.2) is 11.4 Å². The summed E-state index contributed by atoms with van der Waals surface area (Å²) in [5.74, 6) is 0.898. The van der Waals surface area contributed by atoms with E-state index < -0.39 is 0 Å². The standard InChI is InChI=1S/C21H20N6O/c1-3-18(28)20-13(2)21-24-19(26-11-14-6-4-5-7-15(14)12-26)8-17(27(21)25-20)16-9-22-23-10-16/h4-10H,3,11-12H2,1-2H3,(H,22,23). The monoisotopic (exact) mass is 372 g/mol. The predicted octanol–water partition coefficient (Wildman–Crippen LogP) is 3.54. The van der Waals surface area contributed by atoms with E-state index in [1.54, 1.807) is 10.7 Å². The molecular weight excluding hydrogens is 352 g/mol. The second-order valence-corrected chi connectivity index (χ2v) is 7.10. The van der Waals surface area contributed by atoms with Gasteiger partial charge in [0, 0.05) is 42.9 Å². The maximum atomic E-state index is 12.4. The zero-order chi connectivity index (χ0) is 19.3. The molecule has 4 aromatic rings. The third-order valence-corrected chi connectivity index (χ3v) is 5.35. The van der Waals surface area contributed by atoms with Crippen LogP contribution in [0.3, 0.4) is 0 Å². The van der Waals surface area contributed by atoms with Gasteiger partial charge >= 0.3 is 0 Å². The molecular formula is C21H20N6O. The maximum Gasteiger partial charge on any atom is 0.183 e. The Bertz CT molecular complexity index is 1170. The van der Waals surface area contributed by atoms with Crippen LogP contribution in [-0.2, 0) is 13.1 Å². The minimum absolute atomic E-state index is 0.0243. The van der Waals surface area contributed by atoms with Crippen molar-refractivity contribution in [1.29, 1.82) is 0 Å². The molecule has 0 aliphatic carbocycles. The Hall–Kier alpha value is -3.48. The molecule has 3 aromatic heterocycles. The van der Waals surface area contributed by atoms with Crippen molar-refractivity contribution in [2.75, 3.05) is 4.90 Å². The van der Waals surface area contributed by atoms with E-state index in [4.69, 9.17) is 4.98 Å². The average molecular weight is 372 g/mol. The van der Waals surface area contributed by atoms with Gasteiger partial charge in [-0.05, 0) is 18.1 Å². The van der Waals surface area contributed by atoms with Gasteiger partial charge in [0.2, 0.25) is 0 Å². The van der Waals surface area contributed by atoms with Gasteiger partial charge in [-0.25, -0.2) is 9.50 Å². The Morgan fingerprint density at radius 2 is 1.96 bits per heavy atom. The summed E-state index contributed by atoms with van der Waals surface area (Å²) in [5.41, 5.74) is 6.42. The van der Waals surface area contributed by atoms with Crippen LogP contribution in [0.25, 0.3) is 16.9 Å². The molecule has 0 atom stereocenters. The summed E-state index contributed by atoms with van der Waals surface area (Å²) in [4.78, 5) is 19.5. The van der Waals surface area contributed by atoms with Crippen molar-refractivity contribution in [3.8, 4) is 11.3 Å². The van der Waals surface area contributed by atoms with Gasteiger partial charge in [-0.15, -0.1) is 0 Å². The fourth-order valence-electron chi connectivity index (χ4n) is 3.80.